The van der Waals surface area contributed by atoms with Gasteiger partial charge in [0.2, 0.25) is 0 Å². The zero-order valence-electron chi connectivity index (χ0n) is 9.92. The molecular formula is C11H8CrO7. The molecule has 0 rings (SSSR count). The molecule has 0 aliphatic rings. The summed E-state index contributed by atoms with van der Waals surface area (Å²) < 4.78 is 42.6. The van der Waals surface area contributed by atoms with E-state index in [1.807, 2.05) is 6.92 Å². The molecule has 0 bridgehead atoms. The van der Waals surface area contributed by atoms with Crippen LogP contribution in [0.4, 0.5) is 0 Å². The standard InChI is InChI=1S/C6H8O2.5CO.Cr/c1-3-4-5-8-6(2)7;5*1-2;/h3-4H,1-2H3;;;;;;/b4-3+;;;;;;. The third-order valence-electron chi connectivity index (χ3n) is 0.547. The normalized spacial score (nSPS) is 5.05. The van der Waals surface area contributed by atoms with Crippen LogP contribution in [0.25, 0.3) is 0 Å². The monoisotopic (exact) mass is 304 g/mol. The van der Waals surface area contributed by atoms with Gasteiger partial charge in [-0.3, -0.25) is 0 Å². The van der Waals surface area contributed by atoms with E-state index in [0.29, 0.717) is 4.57 Å². The SMILES string of the molecule is C/C=C/[C](=[Cr])OC(C)=O.[C-]#[O+].[C-]#[O+].[C-]#[O+].[C-]#[O+].[C-]#[O+]. The number of rotatable bonds is 2. The number of carbonyl (C=O) groups is 1. The number of hydrogen-bond donors (Lipinski definition) is 0. The van der Waals surface area contributed by atoms with Gasteiger partial charge in [0.1, 0.15) is 0 Å². The average molecular weight is 304 g/mol. The number of allylic oxidation sites excluding steroid dienone is 1. The van der Waals surface area contributed by atoms with Crippen LogP contribution in [0.1, 0.15) is 13.8 Å². The Labute approximate surface area is 119 Å². The Morgan fingerprint density at radius 2 is 1.21 bits per heavy atom. The molecule has 0 aliphatic carbocycles. The van der Waals surface area contributed by atoms with Crippen molar-refractivity contribution in [3.05, 3.63) is 45.4 Å². The Balaban J connectivity index is -0.0000000356. The van der Waals surface area contributed by atoms with Crippen LogP contribution in [0, 0.1) is 33.3 Å². The number of carbonyl (C=O) groups excluding carboxylic acids is 1. The van der Waals surface area contributed by atoms with Gasteiger partial charge in [0.05, 0.1) is 0 Å². The fourth-order valence-corrected chi connectivity index (χ4v) is 0.708. The second-order valence-electron chi connectivity index (χ2n) is 1.41. The zero-order valence-corrected chi connectivity index (χ0v) is 11.2. The summed E-state index contributed by atoms with van der Waals surface area (Å²) in [4.78, 5) is 10.2. The molecule has 0 saturated heterocycles. The molecule has 100 valence electrons. The van der Waals surface area contributed by atoms with Crippen molar-refractivity contribution in [2.75, 3.05) is 0 Å². The van der Waals surface area contributed by atoms with Gasteiger partial charge in [-0.1, -0.05) is 0 Å². The van der Waals surface area contributed by atoms with Crippen LogP contribution >= 0.6 is 0 Å². The fourth-order valence-electron chi connectivity index (χ4n) is 0.312. The van der Waals surface area contributed by atoms with Crippen LogP contribution in [0.3, 0.4) is 0 Å². The molecule has 0 aliphatic heterocycles. The average Bonchev–Trinajstić information content (AvgIpc) is 2.49. The second-order valence-corrected chi connectivity index (χ2v) is 2.04. The third kappa shape index (κ3) is 118. The molecule has 0 fully saturated rings. The predicted octanol–water partition coefficient (Wildman–Crippen LogP) is 0.615. The van der Waals surface area contributed by atoms with E-state index < -0.39 is 0 Å². The third-order valence-corrected chi connectivity index (χ3v) is 0.890. The number of hydrogen-bond acceptors (Lipinski definition) is 2. The summed E-state index contributed by atoms with van der Waals surface area (Å²) in [6.45, 7) is 25.7. The van der Waals surface area contributed by atoms with Crippen LogP contribution < -0.4 is 0 Å². The molecule has 8 heteroatoms. The molecule has 7 nitrogen and oxygen atoms in total. The first-order chi connectivity index (χ1) is 9.16. The zero-order chi connectivity index (χ0) is 17.3. The molecule has 19 heavy (non-hydrogen) atoms. The summed E-state index contributed by atoms with van der Waals surface area (Å²) >= 11 is 2.60. The van der Waals surface area contributed by atoms with Crippen molar-refractivity contribution in [1.82, 2.24) is 0 Å². The first-order valence-corrected chi connectivity index (χ1v) is 4.17. The van der Waals surface area contributed by atoms with Gasteiger partial charge in [-0.2, -0.15) is 0 Å². The van der Waals surface area contributed by atoms with Crippen molar-refractivity contribution in [3.8, 4) is 0 Å². The molecule has 0 amide bonds. The molecular weight excluding hydrogens is 296 g/mol. The molecule has 0 heterocycles. The molecule has 0 aromatic rings. The summed E-state index contributed by atoms with van der Waals surface area (Å²) in [6, 6.07) is 0. The van der Waals surface area contributed by atoms with E-state index in [1.54, 1.807) is 12.2 Å². The quantitative estimate of drug-likeness (QED) is 0.421. The Morgan fingerprint density at radius 3 is 1.37 bits per heavy atom. The molecule has 0 aromatic carbocycles. The Morgan fingerprint density at radius 1 is 0.947 bits per heavy atom. The number of ether oxygens (including phenoxy) is 1. The van der Waals surface area contributed by atoms with Crippen LogP contribution in [0.5, 0.6) is 0 Å². The first-order valence-electron chi connectivity index (χ1n) is 3.54. The molecule has 0 atom stereocenters. The Kier molecular flexibility index (Phi) is 136. The van der Waals surface area contributed by atoms with Crippen molar-refractivity contribution < 1.29 is 48.6 Å². The molecule has 0 radical (unpaired) electrons. The van der Waals surface area contributed by atoms with Crippen molar-refractivity contribution in [2.45, 2.75) is 13.8 Å². The van der Waals surface area contributed by atoms with E-state index in [0.717, 1.165) is 0 Å². The van der Waals surface area contributed by atoms with Crippen molar-refractivity contribution >= 4 is 10.5 Å². The Hall–Kier alpha value is -1.69. The second kappa shape index (κ2) is 71.5. The maximum atomic E-state index is 10.2. The van der Waals surface area contributed by atoms with Gasteiger partial charge in [-0.05, 0) is 0 Å². The van der Waals surface area contributed by atoms with Crippen molar-refractivity contribution in [3.63, 3.8) is 0 Å². The predicted molar refractivity (Wildman–Crippen MR) is 51.2 cm³/mol. The van der Waals surface area contributed by atoms with E-state index in [2.05, 4.69) is 53.8 Å². The molecule has 0 unspecified atom stereocenters. The Bertz CT molecular complexity index is 285. The molecule has 0 spiro atoms. The minimum absolute atomic E-state index is 0.304. The van der Waals surface area contributed by atoms with Gasteiger partial charge < -0.3 is 0 Å². The molecule has 0 N–H and O–H groups in total. The van der Waals surface area contributed by atoms with Crippen molar-refractivity contribution in [1.29, 1.82) is 0 Å². The molecule has 0 aromatic heterocycles. The summed E-state index contributed by atoms with van der Waals surface area (Å²) in [7, 11) is 0. The van der Waals surface area contributed by atoms with Crippen LogP contribution in [0.2, 0.25) is 0 Å². The van der Waals surface area contributed by atoms with E-state index in [-0.39, 0.29) is 5.97 Å². The van der Waals surface area contributed by atoms with Crippen LogP contribution in [0.15, 0.2) is 12.2 Å². The summed E-state index contributed by atoms with van der Waals surface area (Å²) in [6.07, 6.45) is 3.47. The van der Waals surface area contributed by atoms with Gasteiger partial charge in [0.25, 0.3) is 0 Å². The summed E-state index contributed by atoms with van der Waals surface area (Å²) in [5, 5.41) is 0. The van der Waals surface area contributed by atoms with Gasteiger partial charge in [0, 0.05) is 0 Å². The topological polar surface area (TPSA) is 126 Å². The van der Waals surface area contributed by atoms with Gasteiger partial charge >= 0.3 is 118 Å². The van der Waals surface area contributed by atoms with Gasteiger partial charge in [0.15, 0.2) is 0 Å². The van der Waals surface area contributed by atoms with E-state index in [4.69, 9.17) is 23.3 Å². The van der Waals surface area contributed by atoms with E-state index in [9.17, 15) is 4.79 Å². The number of esters is 1. The summed E-state index contributed by atoms with van der Waals surface area (Å²) in [5.41, 5.74) is 0. The maximum absolute atomic E-state index is 10.2. The summed E-state index contributed by atoms with van der Waals surface area (Å²) in [5.74, 6) is -0.304. The van der Waals surface area contributed by atoms with Crippen molar-refractivity contribution in [2.24, 2.45) is 0 Å². The van der Waals surface area contributed by atoms with Crippen LogP contribution in [-0.2, 0) is 48.6 Å². The van der Waals surface area contributed by atoms with Gasteiger partial charge in [-0.15, -0.1) is 0 Å². The van der Waals surface area contributed by atoms with Gasteiger partial charge in [-0.25, -0.2) is 0 Å². The first kappa shape index (κ1) is 36.0. The minimum atomic E-state index is -0.304. The fraction of sp³-hybridized carbons (Fsp3) is 0.182. The van der Waals surface area contributed by atoms with E-state index >= 15 is 0 Å². The molecule has 0 saturated carbocycles. The van der Waals surface area contributed by atoms with E-state index in [1.165, 1.54) is 6.92 Å². The van der Waals surface area contributed by atoms with Crippen LogP contribution in [-0.4, -0.2) is 10.5 Å².